The molecular weight excluding hydrogens is 424 g/mol. The third kappa shape index (κ3) is 5.54. The molecule has 4 aromatic rings. The number of rotatable bonds is 8. The Bertz CT molecular complexity index is 1160. The molecule has 0 fully saturated rings. The van der Waals surface area contributed by atoms with Crippen LogP contribution in [0.3, 0.4) is 0 Å². The van der Waals surface area contributed by atoms with Crippen LogP contribution in [0.25, 0.3) is 0 Å². The van der Waals surface area contributed by atoms with E-state index >= 15 is 0 Å². The fourth-order valence-corrected chi connectivity index (χ4v) is 4.69. The van der Waals surface area contributed by atoms with E-state index in [-0.39, 0.29) is 6.04 Å². The zero-order valence-corrected chi connectivity index (χ0v) is 20.0. The maximum atomic E-state index is 7.45. The average molecular weight is 455 g/mol. The average Bonchev–Trinajstić information content (AvgIpc) is 2.84. The van der Waals surface area contributed by atoms with E-state index in [0.29, 0.717) is 13.0 Å². The zero-order chi connectivity index (χ0) is 23.3. The smallest absolute Gasteiger partial charge is 0.0999 e. The first-order valence-corrected chi connectivity index (χ1v) is 11.8. The number of benzene rings is 4. The molecule has 3 heteroatoms. The Kier molecular flexibility index (Phi) is 7.29. The van der Waals surface area contributed by atoms with Crippen LogP contribution < -0.4 is 5.73 Å². The van der Waals surface area contributed by atoms with Gasteiger partial charge < -0.3 is 5.73 Å². The van der Waals surface area contributed by atoms with Gasteiger partial charge >= 0.3 is 0 Å². The molecule has 0 spiro atoms. The van der Waals surface area contributed by atoms with Gasteiger partial charge in [0.25, 0.3) is 0 Å². The molecule has 2 atom stereocenters. The predicted molar refractivity (Wildman–Crippen MR) is 139 cm³/mol. The van der Waals surface area contributed by atoms with Gasteiger partial charge in [0.1, 0.15) is 0 Å². The summed E-state index contributed by atoms with van der Waals surface area (Å²) in [5, 5.41) is 0.737. The standard InChI is InChI=1S/C30H31ClN2/c1-23-16-18-25(19-17-23)21-30(32,28-13-7-4-8-14-28)33(22-26-10-9-15-29(31)20-26)24(2)27-11-5-3-6-12-27/h3-20,24H,21-22,32H2,1-2H3. The molecule has 0 saturated heterocycles. The molecule has 0 amide bonds. The van der Waals surface area contributed by atoms with Crippen LogP contribution in [0.2, 0.25) is 5.02 Å². The molecule has 0 aliphatic carbocycles. The van der Waals surface area contributed by atoms with Crippen molar-refractivity contribution in [2.45, 2.75) is 38.5 Å². The first-order valence-electron chi connectivity index (χ1n) is 11.4. The Morgan fingerprint density at radius 2 is 1.42 bits per heavy atom. The van der Waals surface area contributed by atoms with E-state index in [4.69, 9.17) is 17.3 Å². The first kappa shape index (κ1) is 23.3. The number of nitrogens with zero attached hydrogens (tertiary/aromatic N) is 1. The van der Waals surface area contributed by atoms with Crippen molar-refractivity contribution >= 4 is 11.6 Å². The van der Waals surface area contributed by atoms with Gasteiger partial charge in [-0.3, -0.25) is 4.90 Å². The second-order valence-electron chi connectivity index (χ2n) is 8.80. The molecule has 2 unspecified atom stereocenters. The lowest BCUT2D eigenvalue weighted by Crippen LogP contribution is -2.55. The summed E-state index contributed by atoms with van der Waals surface area (Å²) in [5.74, 6) is 0. The Morgan fingerprint density at radius 1 is 0.788 bits per heavy atom. The Labute approximate surface area is 202 Å². The van der Waals surface area contributed by atoms with E-state index in [2.05, 4.69) is 104 Å². The predicted octanol–water partition coefficient (Wildman–Crippen LogP) is 7.27. The third-order valence-electron chi connectivity index (χ3n) is 6.37. The fraction of sp³-hybridized carbons (Fsp3) is 0.200. The number of hydrogen-bond acceptors (Lipinski definition) is 2. The lowest BCUT2D eigenvalue weighted by Gasteiger charge is -2.45. The van der Waals surface area contributed by atoms with Crippen LogP contribution in [0.4, 0.5) is 0 Å². The molecule has 0 bridgehead atoms. The Hall–Kier alpha value is -2.91. The van der Waals surface area contributed by atoms with Crippen molar-refractivity contribution in [3.05, 3.63) is 142 Å². The van der Waals surface area contributed by atoms with Crippen molar-refractivity contribution in [2.75, 3.05) is 0 Å². The molecule has 2 nitrogen and oxygen atoms in total. The van der Waals surface area contributed by atoms with Crippen molar-refractivity contribution in [3.8, 4) is 0 Å². The highest BCUT2D eigenvalue weighted by Gasteiger charge is 2.38. The second kappa shape index (κ2) is 10.4. The summed E-state index contributed by atoms with van der Waals surface area (Å²) < 4.78 is 0. The van der Waals surface area contributed by atoms with Crippen molar-refractivity contribution in [3.63, 3.8) is 0 Å². The summed E-state index contributed by atoms with van der Waals surface area (Å²) in [6.45, 7) is 5.02. The molecule has 0 saturated carbocycles. The normalized spacial score (nSPS) is 14.1. The quantitative estimate of drug-likeness (QED) is 0.284. The van der Waals surface area contributed by atoms with Gasteiger partial charge in [0.2, 0.25) is 0 Å². The van der Waals surface area contributed by atoms with Crippen molar-refractivity contribution in [1.82, 2.24) is 4.90 Å². The maximum Gasteiger partial charge on any atom is 0.0999 e. The highest BCUT2D eigenvalue weighted by molar-refractivity contribution is 6.30. The van der Waals surface area contributed by atoms with Gasteiger partial charge in [-0.1, -0.05) is 114 Å². The lowest BCUT2D eigenvalue weighted by molar-refractivity contribution is 0.0394. The molecular formula is C30H31ClN2. The van der Waals surface area contributed by atoms with Crippen LogP contribution in [0, 0.1) is 6.92 Å². The van der Waals surface area contributed by atoms with Crippen LogP contribution in [0.15, 0.2) is 109 Å². The minimum Gasteiger partial charge on any atom is -0.309 e. The molecule has 0 aliphatic rings. The molecule has 0 heterocycles. The maximum absolute atomic E-state index is 7.45. The first-order chi connectivity index (χ1) is 16.0. The molecule has 2 N–H and O–H groups in total. The van der Waals surface area contributed by atoms with Gasteiger partial charge in [-0.25, -0.2) is 0 Å². The van der Waals surface area contributed by atoms with Gasteiger partial charge in [-0.15, -0.1) is 0 Å². The van der Waals surface area contributed by atoms with E-state index in [9.17, 15) is 0 Å². The molecule has 168 valence electrons. The molecule has 33 heavy (non-hydrogen) atoms. The largest absolute Gasteiger partial charge is 0.309 e. The lowest BCUT2D eigenvalue weighted by atomic mass is 9.88. The van der Waals surface area contributed by atoms with Crippen LogP contribution in [-0.4, -0.2) is 4.90 Å². The Morgan fingerprint density at radius 3 is 2.06 bits per heavy atom. The van der Waals surface area contributed by atoms with Crippen molar-refractivity contribution in [1.29, 1.82) is 0 Å². The van der Waals surface area contributed by atoms with Crippen LogP contribution in [0.5, 0.6) is 0 Å². The van der Waals surface area contributed by atoms with Gasteiger partial charge in [0.05, 0.1) is 5.66 Å². The van der Waals surface area contributed by atoms with E-state index in [0.717, 1.165) is 16.1 Å². The van der Waals surface area contributed by atoms with Crippen molar-refractivity contribution < 1.29 is 0 Å². The summed E-state index contributed by atoms with van der Waals surface area (Å²) in [4.78, 5) is 2.41. The zero-order valence-electron chi connectivity index (χ0n) is 19.3. The number of hydrogen-bond donors (Lipinski definition) is 1. The Balaban J connectivity index is 1.83. The topological polar surface area (TPSA) is 29.3 Å². The van der Waals surface area contributed by atoms with Gasteiger partial charge in [-0.05, 0) is 48.2 Å². The SMILES string of the molecule is Cc1ccc(CC(N)(c2ccccc2)N(Cc2cccc(Cl)c2)C(C)c2ccccc2)cc1. The fourth-order valence-electron chi connectivity index (χ4n) is 4.48. The number of nitrogens with two attached hydrogens (primary N) is 1. The highest BCUT2D eigenvalue weighted by atomic mass is 35.5. The van der Waals surface area contributed by atoms with Crippen LogP contribution in [0.1, 0.15) is 40.8 Å². The summed E-state index contributed by atoms with van der Waals surface area (Å²) in [7, 11) is 0. The summed E-state index contributed by atoms with van der Waals surface area (Å²) >= 11 is 6.35. The van der Waals surface area contributed by atoms with Crippen LogP contribution in [-0.2, 0) is 18.6 Å². The van der Waals surface area contributed by atoms with Crippen molar-refractivity contribution in [2.24, 2.45) is 5.73 Å². The van der Waals surface area contributed by atoms with Gasteiger partial charge in [0.15, 0.2) is 0 Å². The minimum absolute atomic E-state index is 0.0841. The summed E-state index contributed by atoms with van der Waals surface area (Å²) in [6.07, 6.45) is 0.690. The number of halogens is 1. The molecule has 0 aromatic heterocycles. The van der Waals surface area contributed by atoms with Gasteiger partial charge in [0, 0.05) is 24.0 Å². The molecule has 4 aromatic carbocycles. The third-order valence-corrected chi connectivity index (χ3v) is 6.61. The van der Waals surface area contributed by atoms with E-state index in [1.807, 2.05) is 24.3 Å². The van der Waals surface area contributed by atoms with Crippen LogP contribution >= 0.6 is 11.6 Å². The van der Waals surface area contributed by atoms with Gasteiger partial charge in [-0.2, -0.15) is 0 Å². The summed E-state index contributed by atoms with van der Waals surface area (Å²) in [6, 6.07) is 37.8. The van der Waals surface area contributed by atoms with E-state index in [1.54, 1.807) is 0 Å². The number of aryl methyl sites for hydroxylation is 1. The highest BCUT2D eigenvalue weighted by Crippen LogP contribution is 2.36. The molecule has 4 rings (SSSR count). The molecule has 0 radical (unpaired) electrons. The monoisotopic (exact) mass is 454 g/mol. The molecule has 0 aliphatic heterocycles. The van der Waals surface area contributed by atoms with E-state index < -0.39 is 5.66 Å². The minimum atomic E-state index is -0.728. The van der Waals surface area contributed by atoms with E-state index in [1.165, 1.54) is 16.7 Å². The second-order valence-corrected chi connectivity index (χ2v) is 9.23. The summed E-state index contributed by atoms with van der Waals surface area (Å²) in [5.41, 5.74) is 12.6.